The van der Waals surface area contributed by atoms with Gasteiger partial charge in [0.2, 0.25) is 15.9 Å². The van der Waals surface area contributed by atoms with E-state index in [4.69, 9.17) is 5.14 Å². The van der Waals surface area contributed by atoms with Crippen molar-refractivity contribution >= 4 is 21.6 Å². The van der Waals surface area contributed by atoms with Gasteiger partial charge in [0.25, 0.3) is 0 Å². The zero-order chi connectivity index (χ0) is 18.9. The number of nitrogens with two attached hydrogens (primary N) is 1. The Labute approximate surface area is 154 Å². The van der Waals surface area contributed by atoms with Gasteiger partial charge in [0, 0.05) is 18.3 Å². The van der Waals surface area contributed by atoms with Gasteiger partial charge >= 0.3 is 0 Å². The number of nitrogens with one attached hydrogen (secondary N) is 1. The van der Waals surface area contributed by atoms with Crippen molar-refractivity contribution in [2.75, 3.05) is 11.4 Å². The molecule has 2 aromatic rings. The van der Waals surface area contributed by atoms with Crippen molar-refractivity contribution in [2.45, 2.75) is 37.8 Å². The fourth-order valence-corrected chi connectivity index (χ4v) is 3.77. The van der Waals surface area contributed by atoms with Crippen molar-refractivity contribution in [1.29, 1.82) is 0 Å². The summed E-state index contributed by atoms with van der Waals surface area (Å²) in [4.78, 5) is 14.5. The van der Waals surface area contributed by atoms with Crippen LogP contribution in [0.1, 0.15) is 23.6 Å². The van der Waals surface area contributed by atoms with Crippen molar-refractivity contribution in [1.82, 2.24) is 5.32 Å². The molecule has 2 aromatic carbocycles. The Bertz CT molecular complexity index is 924. The van der Waals surface area contributed by atoms with E-state index in [2.05, 4.69) is 5.32 Å². The second-order valence-electron chi connectivity index (χ2n) is 6.78. The first-order valence-electron chi connectivity index (χ1n) is 8.48. The molecular weight excluding hydrogens is 350 g/mol. The third-order valence-corrected chi connectivity index (χ3v) is 5.57. The Balaban J connectivity index is 1.67. The van der Waals surface area contributed by atoms with Gasteiger partial charge in [-0.05, 0) is 49.6 Å². The number of rotatable bonds is 5. The van der Waals surface area contributed by atoms with E-state index in [9.17, 15) is 13.2 Å². The highest BCUT2D eigenvalue weighted by molar-refractivity contribution is 7.89. The quantitative estimate of drug-likeness (QED) is 0.834. The molecule has 0 spiro atoms. The van der Waals surface area contributed by atoms with Gasteiger partial charge in [0.1, 0.15) is 0 Å². The predicted molar refractivity (Wildman–Crippen MR) is 101 cm³/mol. The van der Waals surface area contributed by atoms with Gasteiger partial charge in [-0.3, -0.25) is 4.79 Å². The van der Waals surface area contributed by atoms with Gasteiger partial charge in [-0.1, -0.05) is 29.8 Å². The minimum Gasteiger partial charge on any atom is -0.359 e. The fourth-order valence-electron chi connectivity index (χ4n) is 3.21. The van der Waals surface area contributed by atoms with E-state index in [1.807, 2.05) is 43.0 Å². The van der Waals surface area contributed by atoms with Crippen LogP contribution in [0.2, 0.25) is 0 Å². The van der Waals surface area contributed by atoms with Crippen molar-refractivity contribution in [3.63, 3.8) is 0 Å². The van der Waals surface area contributed by atoms with Crippen molar-refractivity contribution in [3.05, 3.63) is 59.2 Å². The zero-order valence-electron chi connectivity index (χ0n) is 14.9. The number of hydrogen-bond acceptors (Lipinski definition) is 4. The number of fused-ring (bicyclic) bond motifs is 1. The molecular formula is C19H23N3O3S. The van der Waals surface area contributed by atoms with Crippen LogP contribution >= 0.6 is 0 Å². The monoisotopic (exact) mass is 373 g/mol. The van der Waals surface area contributed by atoms with E-state index < -0.39 is 10.0 Å². The molecule has 0 fully saturated rings. The predicted octanol–water partition coefficient (Wildman–Crippen LogP) is 1.71. The van der Waals surface area contributed by atoms with Crippen LogP contribution in [0, 0.1) is 6.92 Å². The van der Waals surface area contributed by atoms with Crippen LogP contribution in [0.15, 0.2) is 47.4 Å². The minimum atomic E-state index is -3.72. The maximum Gasteiger partial charge on any atom is 0.239 e. The van der Waals surface area contributed by atoms with Crippen LogP contribution in [0.3, 0.4) is 0 Å². The highest BCUT2D eigenvalue weighted by atomic mass is 32.2. The number of carbonyl (C=O) groups is 1. The Morgan fingerprint density at radius 3 is 2.58 bits per heavy atom. The molecule has 3 N–H and O–H groups in total. The number of amides is 1. The molecule has 1 atom stereocenters. The summed E-state index contributed by atoms with van der Waals surface area (Å²) in [5, 5.41) is 8.14. The average molecular weight is 373 g/mol. The largest absolute Gasteiger partial charge is 0.359 e. The molecule has 0 radical (unpaired) electrons. The molecule has 1 aliphatic rings. The van der Waals surface area contributed by atoms with Crippen LogP contribution in [0.5, 0.6) is 0 Å². The summed E-state index contributed by atoms with van der Waals surface area (Å²) in [6.07, 6.45) is 0.684. The lowest BCUT2D eigenvalue weighted by atomic mass is 10.1. The maximum atomic E-state index is 12.4. The number of primary sulfonamides is 1. The molecule has 0 bridgehead atoms. The second kappa shape index (κ2) is 7.09. The molecule has 1 aliphatic heterocycles. The standard InChI is InChI=1S/C19H23N3O3S/c1-13-3-5-15(6-4-13)11-21-19(23)12-22-14(2)9-16-10-17(26(20,24)25)7-8-18(16)22/h3-8,10,14H,9,11-12H2,1-2H3,(H,21,23)(H2,20,24,25)/t14-/m0/s1. The third-order valence-electron chi connectivity index (χ3n) is 4.66. The smallest absolute Gasteiger partial charge is 0.239 e. The van der Waals surface area contributed by atoms with Gasteiger partial charge < -0.3 is 10.2 Å². The van der Waals surface area contributed by atoms with Crippen LogP contribution in [-0.4, -0.2) is 26.9 Å². The van der Waals surface area contributed by atoms with Gasteiger partial charge in [0.15, 0.2) is 0 Å². The van der Waals surface area contributed by atoms with Gasteiger partial charge in [-0.25, -0.2) is 13.6 Å². The Hall–Kier alpha value is -2.38. The van der Waals surface area contributed by atoms with Crippen molar-refractivity contribution in [3.8, 4) is 0 Å². The van der Waals surface area contributed by atoms with Gasteiger partial charge in [-0.15, -0.1) is 0 Å². The molecule has 0 aromatic heterocycles. The Morgan fingerprint density at radius 1 is 1.23 bits per heavy atom. The first kappa shape index (κ1) is 18.4. The van der Waals surface area contributed by atoms with Crippen LogP contribution in [-0.2, 0) is 27.8 Å². The lowest BCUT2D eigenvalue weighted by Crippen LogP contribution is -2.39. The maximum absolute atomic E-state index is 12.4. The van der Waals surface area contributed by atoms with Crippen LogP contribution < -0.4 is 15.4 Å². The third kappa shape index (κ3) is 4.05. The highest BCUT2D eigenvalue weighted by Crippen LogP contribution is 2.33. The molecule has 6 nitrogen and oxygen atoms in total. The summed E-state index contributed by atoms with van der Waals surface area (Å²) in [5.41, 5.74) is 4.02. The zero-order valence-corrected chi connectivity index (χ0v) is 15.7. The number of benzene rings is 2. The molecule has 1 amide bonds. The molecule has 26 heavy (non-hydrogen) atoms. The number of nitrogens with zero attached hydrogens (tertiary/aromatic N) is 1. The fraction of sp³-hybridized carbons (Fsp3) is 0.316. The summed E-state index contributed by atoms with van der Waals surface area (Å²) in [6, 6.07) is 13.0. The molecule has 1 heterocycles. The minimum absolute atomic E-state index is 0.0687. The molecule has 0 saturated heterocycles. The first-order chi connectivity index (χ1) is 12.2. The van der Waals surface area contributed by atoms with Gasteiger partial charge in [0.05, 0.1) is 11.4 Å². The van der Waals surface area contributed by atoms with E-state index in [-0.39, 0.29) is 23.4 Å². The van der Waals surface area contributed by atoms with E-state index in [0.29, 0.717) is 13.0 Å². The normalized spacial score (nSPS) is 16.4. The van der Waals surface area contributed by atoms with E-state index in [1.165, 1.54) is 11.6 Å². The first-order valence-corrected chi connectivity index (χ1v) is 10.0. The number of sulfonamides is 1. The summed E-state index contributed by atoms with van der Waals surface area (Å²) >= 11 is 0. The van der Waals surface area contributed by atoms with Crippen molar-refractivity contribution in [2.24, 2.45) is 5.14 Å². The van der Waals surface area contributed by atoms with E-state index in [0.717, 1.165) is 16.8 Å². The average Bonchev–Trinajstić information content (AvgIpc) is 2.88. The van der Waals surface area contributed by atoms with Gasteiger partial charge in [-0.2, -0.15) is 0 Å². The Morgan fingerprint density at radius 2 is 1.92 bits per heavy atom. The lowest BCUT2D eigenvalue weighted by Gasteiger charge is -2.24. The number of anilines is 1. The molecule has 138 valence electrons. The summed E-state index contributed by atoms with van der Waals surface area (Å²) in [7, 11) is -3.72. The second-order valence-corrected chi connectivity index (χ2v) is 8.34. The molecule has 3 rings (SSSR count). The highest BCUT2D eigenvalue weighted by Gasteiger charge is 2.28. The number of aryl methyl sites for hydroxylation is 1. The topological polar surface area (TPSA) is 92.5 Å². The Kier molecular flexibility index (Phi) is 5.02. The molecule has 0 saturated carbocycles. The summed E-state index contributed by atoms with van der Waals surface area (Å²) in [6.45, 7) is 4.76. The van der Waals surface area contributed by atoms with E-state index in [1.54, 1.807) is 12.1 Å². The van der Waals surface area contributed by atoms with E-state index >= 15 is 0 Å². The number of hydrogen-bond donors (Lipinski definition) is 2. The van der Waals surface area contributed by atoms with Crippen LogP contribution in [0.4, 0.5) is 5.69 Å². The van der Waals surface area contributed by atoms with Crippen LogP contribution in [0.25, 0.3) is 0 Å². The molecule has 0 aliphatic carbocycles. The summed E-state index contributed by atoms with van der Waals surface area (Å²) in [5.74, 6) is -0.0687. The molecule has 0 unspecified atom stereocenters. The van der Waals surface area contributed by atoms with Crippen molar-refractivity contribution < 1.29 is 13.2 Å². The lowest BCUT2D eigenvalue weighted by molar-refractivity contribution is -0.120. The summed E-state index contributed by atoms with van der Waals surface area (Å²) < 4.78 is 23.0. The molecule has 7 heteroatoms. The SMILES string of the molecule is Cc1ccc(CNC(=O)CN2c3ccc(S(N)(=O)=O)cc3C[C@@H]2C)cc1. The number of carbonyl (C=O) groups excluding carboxylic acids is 1.